The largest absolute Gasteiger partial charge is 0.480 e. The summed E-state index contributed by atoms with van der Waals surface area (Å²) >= 11 is 0. The Morgan fingerprint density at radius 3 is 2.62 bits per heavy atom. The summed E-state index contributed by atoms with van der Waals surface area (Å²) in [5, 5.41) is 10.8. The topological polar surface area (TPSA) is 92.4 Å². The number of hydrogen-bond acceptors (Lipinski definition) is 3. The van der Waals surface area contributed by atoms with E-state index in [9.17, 15) is 14.0 Å². The first kappa shape index (κ1) is 12.0. The SMILES string of the molecule is C[C@@H](NC(=O)c1ccc(N)c(F)c1)C(=O)O. The maximum Gasteiger partial charge on any atom is 0.325 e. The molecule has 1 aromatic carbocycles. The van der Waals surface area contributed by atoms with E-state index in [-0.39, 0.29) is 11.3 Å². The molecule has 0 aromatic heterocycles. The number of carbonyl (C=O) groups excluding carboxylic acids is 1. The fourth-order valence-electron chi connectivity index (χ4n) is 1.01. The number of carboxylic acid groups (broad SMARTS) is 1. The average Bonchev–Trinajstić information content (AvgIpc) is 2.21. The van der Waals surface area contributed by atoms with E-state index in [1.54, 1.807) is 0 Å². The summed E-state index contributed by atoms with van der Waals surface area (Å²) in [6.45, 7) is 1.31. The van der Waals surface area contributed by atoms with Crippen molar-refractivity contribution in [3.05, 3.63) is 29.6 Å². The van der Waals surface area contributed by atoms with Gasteiger partial charge in [0.05, 0.1) is 5.69 Å². The zero-order valence-corrected chi connectivity index (χ0v) is 8.53. The molecule has 0 aliphatic rings. The smallest absolute Gasteiger partial charge is 0.325 e. The minimum absolute atomic E-state index is 0.0276. The van der Waals surface area contributed by atoms with Crippen molar-refractivity contribution in [2.45, 2.75) is 13.0 Å². The molecule has 0 spiro atoms. The van der Waals surface area contributed by atoms with Crippen LogP contribution in [0.25, 0.3) is 0 Å². The molecule has 5 nitrogen and oxygen atoms in total. The van der Waals surface area contributed by atoms with Crippen molar-refractivity contribution in [1.82, 2.24) is 5.32 Å². The minimum atomic E-state index is -1.16. The summed E-state index contributed by atoms with van der Waals surface area (Å²) in [7, 11) is 0. The van der Waals surface area contributed by atoms with Gasteiger partial charge in [-0.15, -0.1) is 0 Å². The molecule has 0 aliphatic heterocycles. The van der Waals surface area contributed by atoms with Crippen LogP contribution in [0.2, 0.25) is 0 Å². The Morgan fingerprint density at radius 1 is 1.50 bits per heavy atom. The zero-order chi connectivity index (χ0) is 12.3. The number of carboxylic acids is 1. The van der Waals surface area contributed by atoms with E-state index in [0.717, 1.165) is 6.07 Å². The lowest BCUT2D eigenvalue weighted by Crippen LogP contribution is -2.38. The molecule has 1 amide bonds. The Kier molecular flexibility index (Phi) is 3.44. The first-order valence-electron chi connectivity index (χ1n) is 4.50. The molecule has 86 valence electrons. The van der Waals surface area contributed by atoms with E-state index in [1.165, 1.54) is 19.1 Å². The van der Waals surface area contributed by atoms with Crippen LogP contribution in [0.5, 0.6) is 0 Å². The van der Waals surface area contributed by atoms with Crippen molar-refractivity contribution in [3.63, 3.8) is 0 Å². The molecule has 0 heterocycles. The monoisotopic (exact) mass is 226 g/mol. The van der Waals surface area contributed by atoms with Gasteiger partial charge in [0.1, 0.15) is 11.9 Å². The standard InChI is InChI=1S/C10H11FN2O3/c1-5(10(15)16)13-9(14)6-2-3-8(12)7(11)4-6/h2-5H,12H2,1H3,(H,13,14)(H,15,16)/t5-/m1/s1. The van der Waals surface area contributed by atoms with Crippen molar-refractivity contribution >= 4 is 17.6 Å². The molecular weight excluding hydrogens is 215 g/mol. The van der Waals surface area contributed by atoms with Crippen molar-refractivity contribution in [3.8, 4) is 0 Å². The number of hydrogen-bond donors (Lipinski definition) is 3. The third-order valence-corrected chi connectivity index (χ3v) is 1.98. The third-order valence-electron chi connectivity index (χ3n) is 1.98. The van der Waals surface area contributed by atoms with Crippen molar-refractivity contribution in [2.75, 3.05) is 5.73 Å². The number of aliphatic carboxylic acids is 1. The molecule has 16 heavy (non-hydrogen) atoms. The van der Waals surface area contributed by atoms with Crippen molar-refractivity contribution < 1.29 is 19.1 Å². The average molecular weight is 226 g/mol. The van der Waals surface area contributed by atoms with Gasteiger partial charge in [0.15, 0.2) is 0 Å². The van der Waals surface area contributed by atoms with Crippen LogP contribution in [0.3, 0.4) is 0 Å². The van der Waals surface area contributed by atoms with Gasteiger partial charge >= 0.3 is 5.97 Å². The second-order valence-corrected chi connectivity index (χ2v) is 3.27. The van der Waals surface area contributed by atoms with Gasteiger partial charge in [-0.3, -0.25) is 9.59 Å². The van der Waals surface area contributed by atoms with Crippen LogP contribution in [0.15, 0.2) is 18.2 Å². The number of nitrogen functional groups attached to an aromatic ring is 1. The van der Waals surface area contributed by atoms with E-state index >= 15 is 0 Å². The van der Waals surface area contributed by atoms with Crippen LogP contribution >= 0.6 is 0 Å². The lowest BCUT2D eigenvalue weighted by atomic mass is 10.1. The lowest BCUT2D eigenvalue weighted by molar-refractivity contribution is -0.138. The molecular formula is C10H11FN2O3. The fraction of sp³-hybridized carbons (Fsp3) is 0.200. The molecule has 1 aromatic rings. The second kappa shape index (κ2) is 4.61. The quantitative estimate of drug-likeness (QED) is 0.658. The van der Waals surface area contributed by atoms with Gasteiger partial charge in [-0.1, -0.05) is 0 Å². The molecule has 1 atom stereocenters. The van der Waals surface area contributed by atoms with Crippen LogP contribution < -0.4 is 11.1 Å². The summed E-state index contributed by atoms with van der Waals surface area (Å²) < 4.78 is 13.0. The maximum atomic E-state index is 13.0. The number of carbonyl (C=O) groups is 2. The van der Waals surface area contributed by atoms with Gasteiger partial charge in [-0.2, -0.15) is 0 Å². The number of rotatable bonds is 3. The third kappa shape index (κ3) is 2.69. The second-order valence-electron chi connectivity index (χ2n) is 3.27. The molecule has 0 saturated heterocycles. The van der Waals surface area contributed by atoms with Crippen LogP contribution in [-0.4, -0.2) is 23.0 Å². The van der Waals surface area contributed by atoms with Gasteiger partial charge in [-0.25, -0.2) is 4.39 Å². The summed E-state index contributed by atoms with van der Waals surface area (Å²) in [5.74, 6) is -2.53. The van der Waals surface area contributed by atoms with Gasteiger partial charge in [-0.05, 0) is 25.1 Å². The predicted molar refractivity (Wildman–Crippen MR) is 55.4 cm³/mol. The minimum Gasteiger partial charge on any atom is -0.480 e. The summed E-state index contributed by atoms with van der Waals surface area (Å²) in [5.41, 5.74) is 5.20. The Bertz CT molecular complexity index is 434. The van der Waals surface area contributed by atoms with E-state index < -0.39 is 23.7 Å². The predicted octanol–water partition coefficient (Wildman–Crippen LogP) is 0.611. The van der Waals surface area contributed by atoms with Crippen LogP contribution in [0, 0.1) is 5.82 Å². The lowest BCUT2D eigenvalue weighted by Gasteiger charge is -2.09. The zero-order valence-electron chi connectivity index (χ0n) is 8.53. The number of benzene rings is 1. The van der Waals surface area contributed by atoms with Gasteiger partial charge in [0.2, 0.25) is 0 Å². The highest BCUT2D eigenvalue weighted by molar-refractivity contribution is 5.96. The molecule has 0 saturated carbocycles. The van der Waals surface area contributed by atoms with E-state index in [4.69, 9.17) is 10.8 Å². The molecule has 0 aliphatic carbocycles. The highest BCUT2D eigenvalue weighted by Crippen LogP contribution is 2.11. The number of amides is 1. The van der Waals surface area contributed by atoms with Crippen LogP contribution in [-0.2, 0) is 4.79 Å². The molecule has 0 bridgehead atoms. The number of nitrogens with one attached hydrogen (secondary N) is 1. The molecule has 0 unspecified atom stereocenters. The first-order chi connectivity index (χ1) is 7.41. The van der Waals surface area contributed by atoms with Crippen LogP contribution in [0.4, 0.5) is 10.1 Å². The van der Waals surface area contributed by atoms with Crippen molar-refractivity contribution in [1.29, 1.82) is 0 Å². The van der Waals surface area contributed by atoms with E-state index in [0.29, 0.717) is 0 Å². The fourth-order valence-corrected chi connectivity index (χ4v) is 1.01. The van der Waals surface area contributed by atoms with Gasteiger partial charge in [0.25, 0.3) is 5.91 Å². The Hall–Kier alpha value is -2.11. The molecule has 6 heteroatoms. The molecule has 0 fully saturated rings. The first-order valence-corrected chi connectivity index (χ1v) is 4.50. The maximum absolute atomic E-state index is 13.0. The molecule has 0 radical (unpaired) electrons. The Labute approximate surface area is 91.1 Å². The van der Waals surface area contributed by atoms with Gasteiger partial charge < -0.3 is 16.2 Å². The number of halogens is 1. The van der Waals surface area contributed by atoms with E-state index in [1.807, 2.05) is 0 Å². The van der Waals surface area contributed by atoms with Gasteiger partial charge in [0, 0.05) is 5.56 Å². The summed E-state index contributed by atoms with van der Waals surface area (Å²) in [6, 6.07) is 2.49. The van der Waals surface area contributed by atoms with E-state index in [2.05, 4.69) is 5.32 Å². The molecule has 4 N–H and O–H groups in total. The number of anilines is 1. The van der Waals surface area contributed by atoms with Crippen LogP contribution in [0.1, 0.15) is 17.3 Å². The highest BCUT2D eigenvalue weighted by Gasteiger charge is 2.15. The summed E-state index contributed by atoms with van der Waals surface area (Å²) in [4.78, 5) is 21.9. The number of nitrogens with two attached hydrogens (primary N) is 1. The summed E-state index contributed by atoms with van der Waals surface area (Å²) in [6.07, 6.45) is 0. The Morgan fingerprint density at radius 2 is 2.12 bits per heavy atom. The normalized spacial score (nSPS) is 11.9. The molecule has 1 rings (SSSR count). The van der Waals surface area contributed by atoms with Crippen molar-refractivity contribution in [2.24, 2.45) is 0 Å². The Balaban J connectivity index is 2.81. The highest BCUT2D eigenvalue weighted by atomic mass is 19.1.